The summed E-state index contributed by atoms with van der Waals surface area (Å²) in [5.41, 5.74) is 9.13. The van der Waals surface area contributed by atoms with Crippen molar-refractivity contribution in [1.29, 1.82) is 0 Å². The third-order valence-electron chi connectivity index (χ3n) is 1.69. The van der Waals surface area contributed by atoms with Gasteiger partial charge in [-0.15, -0.1) is 0 Å². The maximum atomic E-state index is 8.17. The van der Waals surface area contributed by atoms with Crippen LogP contribution >= 0.6 is 0 Å². The van der Waals surface area contributed by atoms with Crippen molar-refractivity contribution in [2.24, 2.45) is 5.11 Å². The Labute approximate surface area is 83.1 Å². The van der Waals surface area contributed by atoms with Gasteiger partial charge in [0.25, 0.3) is 0 Å². The van der Waals surface area contributed by atoms with Crippen molar-refractivity contribution < 1.29 is 4.74 Å². The van der Waals surface area contributed by atoms with E-state index in [1.807, 2.05) is 24.3 Å². The van der Waals surface area contributed by atoms with E-state index < -0.39 is 0 Å². The van der Waals surface area contributed by atoms with Gasteiger partial charge in [-0.1, -0.05) is 24.2 Å². The average Bonchev–Trinajstić information content (AvgIpc) is 2.24. The van der Waals surface area contributed by atoms with Gasteiger partial charge in [0.15, 0.2) is 0 Å². The summed E-state index contributed by atoms with van der Waals surface area (Å²) in [5.74, 6) is 0.831. The van der Waals surface area contributed by atoms with Crippen molar-refractivity contribution in [3.63, 3.8) is 0 Å². The van der Waals surface area contributed by atoms with Crippen molar-refractivity contribution in [3.8, 4) is 5.75 Å². The first-order valence-electron chi connectivity index (χ1n) is 4.59. The molecule has 74 valence electrons. The third kappa shape index (κ3) is 3.37. The van der Waals surface area contributed by atoms with Crippen LogP contribution < -0.4 is 4.74 Å². The molecule has 0 N–H and O–H groups in total. The minimum Gasteiger partial charge on any atom is -0.494 e. The number of rotatable bonds is 5. The summed E-state index contributed by atoms with van der Waals surface area (Å²) in [4.78, 5) is 2.71. The summed E-state index contributed by atoms with van der Waals surface area (Å²) in [6, 6.07) is 7.60. The number of nitrogens with zero attached hydrogens (tertiary/aromatic N) is 3. The maximum absolute atomic E-state index is 8.17. The van der Waals surface area contributed by atoms with E-state index in [9.17, 15) is 0 Å². The number of hydrogen-bond acceptors (Lipinski definition) is 2. The summed E-state index contributed by atoms with van der Waals surface area (Å²) < 4.78 is 5.44. The zero-order chi connectivity index (χ0) is 10.2. The van der Waals surface area contributed by atoms with Gasteiger partial charge >= 0.3 is 0 Å². The molecular formula is C10H13N3O. The molecule has 0 saturated carbocycles. The average molecular weight is 191 g/mol. The van der Waals surface area contributed by atoms with Crippen LogP contribution in [0.2, 0.25) is 0 Å². The van der Waals surface area contributed by atoms with E-state index in [-0.39, 0.29) is 0 Å². The van der Waals surface area contributed by atoms with E-state index in [1.165, 1.54) is 0 Å². The Hall–Kier alpha value is -1.67. The molecule has 14 heavy (non-hydrogen) atoms. The lowest BCUT2D eigenvalue weighted by atomic mass is 10.2. The van der Waals surface area contributed by atoms with Crippen LogP contribution in [0.4, 0.5) is 0 Å². The molecule has 0 bridgehead atoms. The fraction of sp³-hybridized carbons (Fsp3) is 0.400. The summed E-state index contributed by atoms with van der Waals surface area (Å²) in [6.45, 7) is 3.15. The SMILES string of the molecule is CCCOc1cccc(CN=[N+]=[N-])c1. The first-order chi connectivity index (χ1) is 6.86. The highest BCUT2D eigenvalue weighted by Crippen LogP contribution is 2.14. The highest BCUT2D eigenvalue weighted by molar-refractivity contribution is 5.28. The lowest BCUT2D eigenvalue weighted by Crippen LogP contribution is -1.95. The van der Waals surface area contributed by atoms with Crippen LogP contribution in [0.5, 0.6) is 5.75 Å². The van der Waals surface area contributed by atoms with E-state index in [2.05, 4.69) is 16.9 Å². The lowest BCUT2D eigenvalue weighted by molar-refractivity contribution is 0.317. The molecule has 0 amide bonds. The van der Waals surface area contributed by atoms with E-state index in [4.69, 9.17) is 10.3 Å². The molecule has 0 unspecified atom stereocenters. The zero-order valence-corrected chi connectivity index (χ0v) is 8.18. The van der Waals surface area contributed by atoms with Crippen LogP contribution in [0.15, 0.2) is 29.4 Å². The van der Waals surface area contributed by atoms with Crippen molar-refractivity contribution in [3.05, 3.63) is 40.3 Å². The molecule has 4 nitrogen and oxygen atoms in total. The Morgan fingerprint density at radius 2 is 2.36 bits per heavy atom. The van der Waals surface area contributed by atoms with Crippen LogP contribution in [-0.2, 0) is 6.54 Å². The highest BCUT2D eigenvalue weighted by atomic mass is 16.5. The Morgan fingerprint density at radius 1 is 1.50 bits per heavy atom. The molecule has 0 aliphatic rings. The standard InChI is InChI=1S/C10H13N3O/c1-2-6-14-10-5-3-4-9(7-10)8-12-13-11/h3-5,7H,2,6,8H2,1H3. The fourth-order valence-corrected chi connectivity index (χ4v) is 1.07. The van der Waals surface area contributed by atoms with Crippen molar-refractivity contribution in [2.75, 3.05) is 6.61 Å². The molecule has 1 aromatic carbocycles. The molecule has 0 spiro atoms. The largest absolute Gasteiger partial charge is 0.494 e. The minimum absolute atomic E-state index is 0.375. The molecule has 4 heteroatoms. The summed E-state index contributed by atoms with van der Waals surface area (Å²) in [5, 5.41) is 3.49. The van der Waals surface area contributed by atoms with Crippen LogP contribution in [0.25, 0.3) is 10.4 Å². The number of ether oxygens (including phenoxy) is 1. The van der Waals surface area contributed by atoms with Crippen LogP contribution in [0.3, 0.4) is 0 Å². The quantitative estimate of drug-likeness (QED) is 0.400. The molecule has 0 radical (unpaired) electrons. The van der Waals surface area contributed by atoms with Gasteiger partial charge in [0, 0.05) is 4.91 Å². The predicted molar refractivity (Wildman–Crippen MR) is 55.1 cm³/mol. The van der Waals surface area contributed by atoms with Crippen LogP contribution in [-0.4, -0.2) is 6.61 Å². The minimum atomic E-state index is 0.375. The van der Waals surface area contributed by atoms with Gasteiger partial charge in [0.2, 0.25) is 0 Å². The van der Waals surface area contributed by atoms with Crippen molar-refractivity contribution in [1.82, 2.24) is 0 Å². The highest BCUT2D eigenvalue weighted by Gasteiger charge is 1.94. The number of benzene rings is 1. The number of azide groups is 1. The van der Waals surface area contributed by atoms with Crippen LogP contribution in [0, 0.1) is 0 Å². The van der Waals surface area contributed by atoms with E-state index in [1.54, 1.807) is 0 Å². The molecule has 0 aliphatic heterocycles. The summed E-state index contributed by atoms with van der Waals surface area (Å²) >= 11 is 0. The Bertz CT molecular complexity index is 332. The normalized spacial score (nSPS) is 9.21. The topological polar surface area (TPSA) is 58.0 Å². The number of hydrogen-bond donors (Lipinski definition) is 0. The van der Waals surface area contributed by atoms with Crippen molar-refractivity contribution >= 4 is 0 Å². The molecule has 0 aliphatic carbocycles. The lowest BCUT2D eigenvalue weighted by Gasteiger charge is -2.05. The third-order valence-corrected chi connectivity index (χ3v) is 1.69. The molecular weight excluding hydrogens is 178 g/mol. The zero-order valence-electron chi connectivity index (χ0n) is 8.18. The molecule has 1 rings (SSSR count). The van der Waals surface area contributed by atoms with Gasteiger partial charge < -0.3 is 4.74 Å². The fourth-order valence-electron chi connectivity index (χ4n) is 1.07. The van der Waals surface area contributed by atoms with E-state index >= 15 is 0 Å². The molecule has 1 aromatic rings. The predicted octanol–water partition coefficient (Wildman–Crippen LogP) is 3.29. The van der Waals surface area contributed by atoms with Gasteiger partial charge in [0.1, 0.15) is 5.75 Å². The van der Waals surface area contributed by atoms with Crippen molar-refractivity contribution in [2.45, 2.75) is 19.9 Å². The first kappa shape index (κ1) is 10.4. The van der Waals surface area contributed by atoms with Crippen LogP contribution in [0.1, 0.15) is 18.9 Å². The van der Waals surface area contributed by atoms with E-state index in [0.29, 0.717) is 13.2 Å². The summed E-state index contributed by atoms with van der Waals surface area (Å²) in [7, 11) is 0. The van der Waals surface area contributed by atoms with E-state index in [0.717, 1.165) is 17.7 Å². The Morgan fingerprint density at radius 3 is 3.07 bits per heavy atom. The molecule has 0 saturated heterocycles. The van der Waals surface area contributed by atoms with Gasteiger partial charge in [-0.2, -0.15) is 0 Å². The van der Waals surface area contributed by atoms with Gasteiger partial charge in [0.05, 0.1) is 13.2 Å². The smallest absolute Gasteiger partial charge is 0.119 e. The molecule has 0 atom stereocenters. The molecule has 0 heterocycles. The monoisotopic (exact) mass is 191 g/mol. The van der Waals surface area contributed by atoms with Gasteiger partial charge in [-0.05, 0) is 29.6 Å². The second kappa shape index (κ2) is 5.89. The first-order valence-corrected chi connectivity index (χ1v) is 4.59. The maximum Gasteiger partial charge on any atom is 0.119 e. The Balaban J connectivity index is 2.63. The van der Waals surface area contributed by atoms with Gasteiger partial charge in [-0.25, -0.2) is 0 Å². The van der Waals surface area contributed by atoms with Gasteiger partial charge in [-0.3, -0.25) is 0 Å². The molecule has 0 aromatic heterocycles. The summed E-state index contributed by atoms with van der Waals surface area (Å²) in [6.07, 6.45) is 0.987. The molecule has 0 fully saturated rings. The second-order valence-electron chi connectivity index (χ2n) is 2.88. The Kier molecular flexibility index (Phi) is 4.38. The second-order valence-corrected chi connectivity index (χ2v) is 2.88.